The molecule has 1 unspecified atom stereocenters. The summed E-state index contributed by atoms with van der Waals surface area (Å²) in [6.45, 7) is 6.36. The van der Waals surface area contributed by atoms with Crippen LogP contribution in [0.25, 0.3) is 0 Å². The first-order valence-corrected chi connectivity index (χ1v) is 33.3. The summed E-state index contributed by atoms with van der Waals surface area (Å²) in [5.41, 5.74) is 0. The summed E-state index contributed by atoms with van der Waals surface area (Å²) in [7, 11) is 0. The molecule has 0 heterocycles. The van der Waals surface area contributed by atoms with E-state index in [4.69, 9.17) is 14.2 Å². The van der Waals surface area contributed by atoms with Gasteiger partial charge in [0.2, 0.25) is 0 Å². The van der Waals surface area contributed by atoms with Crippen LogP contribution in [0.5, 0.6) is 0 Å². The van der Waals surface area contributed by atoms with E-state index in [9.17, 15) is 14.4 Å². The molecule has 81 heavy (non-hydrogen) atoms. The molecule has 0 fully saturated rings. The topological polar surface area (TPSA) is 78.9 Å². The van der Waals surface area contributed by atoms with Gasteiger partial charge in [-0.2, -0.15) is 0 Å². The molecular formula is C75H122O6. The lowest BCUT2D eigenvalue weighted by Crippen LogP contribution is -2.30. The second-order valence-corrected chi connectivity index (χ2v) is 21.6. The van der Waals surface area contributed by atoms with E-state index in [0.717, 1.165) is 122 Å². The molecule has 0 aliphatic carbocycles. The van der Waals surface area contributed by atoms with Gasteiger partial charge in [-0.05, 0) is 116 Å². The number of allylic oxidation sites excluding steroid dienone is 24. The van der Waals surface area contributed by atoms with E-state index >= 15 is 0 Å². The highest BCUT2D eigenvalue weighted by molar-refractivity contribution is 5.71. The number of carbonyl (C=O) groups excluding carboxylic acids is 3. The number of rotatable bonds is 59. The maximum absolute atomic E-state index is 12.9. The summed E-state index contributed by atoms with van der Waals surface area (Å²) in [5, 5.41) is 0. The highest BCUT2D eigenvalue weighted by atomic mass is 16.6. The molecule has 0 aliphatic rings. The van der Waals surface area contributed by atoms with Gasteiger partial charge in [-0.25, -0.2) is 0 Å². The molecule has 0 rings (SSSR count). The average Bonchev–Trinajstić information content (AvgIpc) is 3.47. The molecule has 0 aromatic carbocycles. The molecule has 6 nitrogen and oxygen atoms in total. The molecule has 1 atom stereocenters. The van der Waals surface area contributed by atoms with Crippen LogP contribution in [0.4, 0.5) is 0 Å². The lowest BCUT2D eigenvalue weighted by molar-refractivity contribution is -0.167. The van der Waals surface area contributed by atoms with Gasteiger partial charge in [-0.3, -0.25) is 14.4 Å². The average molecular weight is 1120 g/mol. The third-order valence-corrected chi connectivity index (χ3v) is 13.8. The van der Waals surface area contributed by atoms with Crippen LogP contribution in [0.15, 0.2) is 146 Å². The summed E-state index contributed by atoms with van der Waals surface area (Å²) >= 11 is 0. The largest absolute Gasteiger partial charge is 0.462 e. The summed E-state index contributed by atoms with van der Waals surface area (Å²) in [6, 6.07) is 0. The van der Waals surface area contributed by atoms with Gasteiger partial charge in [-0.15, -0.1) is 0 Å². The first kappa shape index (κ1) is 76.3. The predicted molar refractivity (Wildman–Crippen MR) is 352 cm³/mol. The molecule has 0 saturated carbocycles. The zero-order valence-electron chi connectivity index (χ0n) is 52.5. The second-order valence-electron chi connectivity index (χ2n) is 21.6. The van der Waals surface area contributed by atoms with Crippen LogP contribution in [0.3, 0.4) is 0 Å². The Bertz CT molecular complexity index is 1760. The maximum atomic E-state index is 12.9. The van der Waals surface area contributed by atoms with Gasteiger partial charge in [-0.1, -0.05) is 301 Å². The lowest BCUT2D eigenvalue weighted by Gasteiger charge is -2.18. The normalized spacial score (nSPS) is 13.1. The number of unbranched alkanes of at least 4 members (excludes halogenated alkanes) is 24. The Balaban J connectivity index is 4.22. The molecule has 0 spiro atoms. The zero-order valence-corrected chi connectivity index (χ0v) is 52.5. The number of hydrogen-bond acceptors (Lipinski definition) is 6. The maximum Gasteiger partial charge on any atom is 0.306 e. The summed E-state index contributed by atoms with van der Waals surface area (Å²) in [6.07, 6.45) is 97.4. The minimum absolute atomic E-state index is 0.101. The van der Waals surface area contributed by atoms with E-state index in [0.29, 0.717) is 19.3 Å². The molecular weight excluding hydrogens is 997 g/mol. The molecule has 6 heteroatoms. The Labute approximate surface area is 499 Å². The van der Waals surface area contributed by atoms with Gasteiger partial charge in [0, 0.05) is 19.3 Å². The Kier molecular flexibility index (Phi) is 63.9. The molecule has 0 aliphatic heterocycles. The first-order chi connectivity index (χ1) is 40.0. The predicted octanol–water partition coefficient (Wildman–Crippen LogP) is 23.1. The fraction of sp³-hybridized carbons (Fsp3) is 0.640. The summed E-state index contributed by atoms with van der Waals surface area (Å²) in [5.74, 6) is -0.960. The van der Waals surface area contributed by atoms with Crippen LogP contribution in [0.2, 0.25) is 0 Å². The fourth-order valence-corrected chi connectivity index (χ4v) is 8.93. The molecule has 0 bridgehead atoms. The van der Waals surface area contributed by atoms with Crippen molar-refractivity contribution in [3.05, 3.63) is 146 Å². The van der Waals surface area contributed by atoms with E-state index in [1.165, 1.54) is 122 Å². The van der Waals surface area contributed by atoms with Crippen molar-refractivity contribution in [2.45, 2.75) is 297 Å². The molecule has 0 N–H and O–H groups in total. The molecule has 0 aromatic rings. The van der Waals surface area contributed by atoms with Crippen LogP contribution in [0.1, 0.15) is 290 Å². The zero-order chi connectivity index (χ0) is 58.5. The van der Waals surface area contributed by atoms with Crippen molar-refractivity contribution in [3.63, 3.8) is 0 Å². The Morgan fingerprint density at radius 2 is 0.494 bits per heavy atom. The molecule has 0 radical (unpaired) electrons. The van der Waals surface area contributed by atoms with Crippen LogP contribution in [-0.4, -0.2) is 37.2 Å². The van der Waals surface area contributed by atoms with Crippen molar-refractivity contribution >= 4 is 17.9 Å². The standard InChI is InChI=1S/C75H122O6/c1-4-7-10-13-16-19-22-24-26-28-29-30-31-32-33-34-35-36-37-38-39-40-41-42-43-44-45-47-48-50-53-56-59-62-65-68-74(77)80-71-72(70-79-73(76)67-64-61-58-55-52-21-18-15-12-9-6-3)81-75(78)69-66-63-60-57-54-51-49-46-27-25-23-20-17-14-11-8-5-2/h7-8,10-11,16-17,19-20,24-27,29-30,32-33,35-36,38-39,49,51,57,60,72H,4-6,9,12-15,18,21-23,28,31,34,37,40-48,50,52-56,58-59,61-71H2,1-3H3/b10-7-,11-8-,19-16-,20-17-,26-24-,27-25-,30-29-,33-32-,36-35-,39-38-,51-49-,60-57-. The summed E-state index contributed by atoms with van der Waals surface area (Å²) < 4.78 is 16.8. The first-order valence-electron chi connectivity index (χ1n) is 33.3. The third kappa shape index (κ3) is 66.0. The highest BCUT2D eigenvalue weighted by Crippen LogP contribution is 2.16. The minimum Gasteiger partial charge on any atom is -0.462 e. The van der Waals surface area contributed by atoms with Crippen LogP contribution in [-0.2, 0) is 28.6 Å². The monoisotopic (exact) mass is 1120 g/mol. The quantitative estimate of drug-likeness (QED) is 0.0261. The minimum atomic E-state index is -0.811. The second kappa shape index (κ2) is 67.8. The van der Waals surface area contributed by atoms with Crippen molar-refractivity contribution in [2.75, 3.05) is 13.2 Å². The van der Waals surface area contributed by atoms with Crippen LogP contribution in [0, 0.1) is 0 Å². The van der Waals surface area contributed by atoms with Gasteiger partial charge in [0.25, 0.3) is 0 Å². The van der Waals surface area contributed by atoms with Crippen molar-refractivity contribution in [2.24, 2.45) is 0 Å². The number of hydrogen-bond donors (Lipinski definition) is 0. The smallest absolute Gasteiger partial charge is 0.306 e. The van der Waals surface area contributed by atoms with Crippen LogP contribution >= 0.6 is 0 Å². The Morgan fingerprint density at radius 3 is 0.790 bits per heavy atom. The lowest BCUT2D eigenvalue weighted by atomic mass is 10.0. The number of esters is 3. The van der Waals surface area contributed by atoms with Crippen LogP contribution < -0.4 is 0 Å². The van der Waals surface area contributed by atoms with E-state index in [1.54, 1.807) is 0 Å². The van der Waals surface area contributed by atoms with Crippen molar-refractivity contribution in [1.82, 2.24) is 0 Å². The van der Waals surface area contributed by atoms with E-state index < -0.39 is 6.10 Å². The van der Waals surface area contributed by atoms with Gasteiger partial charge >= 0.3 is 17.9 Å². The Hall–Kier alpha value is -4.71. The highest BCUT2D eigenvalue weighted by Gasteiger charge is 2.19. The van der Waals surface area contributed by atoms with E-state index in [-0.39, 0.29) is 37.5 Å². The van der Waals surface area contributed by atoms with Gasteiger partial charge < -0.3 is 14.2 Å². The van der Waals surface area contributed by atoms with Crippen molar-refractivity contribution in [1.29, 1.82) is 0 Å². The molecule has 0 aromatic heterocycles. The number of carbonyl (C=O) groups is 3. The van der Waals surface area contributed by atoms with Crippen molar-refractivity contribution in [3.8, 4) is 0 Å². The summed E-state index contributed by atoms with van der Waals surface area (Å²) in [4.78, 5) is 38.2. The van der Waals surface area contributed by atoms with E-state index in [1.807, 2.05) is 0 Å². The third-order valence-electron chi connectivity index (χ3n) is 13.8. The van der Waals surface area contributed by atoms with Crippen molar-refractivity contribution < 1.29 is 28.6 Å². The van der Waals surface area contributed by atoms with E-state index in [2.05, 4.69) is 167 Å². The Morgan fingerprint density at radius 1 is 0.259 bits per heavy atom. The number of ether oxygens (including phenoxy) is 3. The van der Waals surface area contributed by atoms with Gasteiger partial charge in [0.05, 0.1) is 0 Å². The molecule has 458 valence electrons. The molecule has 0 saturated heterocycles. The van der Waals surface area contributed by atoms with Gasteiger partial charge in [0.1, 0.15) is 13.2 Å². The molecule has 0 amide bonds. The fourth-order valence-electron chi connectivity index (χ4n) is 8.93. The SMILES string of the molecule is CC/C=C\C/C=C\C/C=C\C/C=C\C/C=C\C/C=C\C/C=C\CCCCCCCCCCCCCCCC(=O)OCC(COC(=O)CCCCCCCCCCCCC)OC(=O)CCC/C=C\C/C=C\C/C=C\C/C=C\C/C=C\CC. The van der Waals surface area contributed by atoms with Gasteiger partial charge in [0.15, 0.2) is 6.10 Å².